The molecule has 0 unspecified atom stereocenters. The van der Waals surface area contributed by atoms with E-state index in [1.54, 1.807) is 6.07 Å². The number of carbonyl (C=O) groups is 1. The number of amides is 1. The molecular weight excluding hydrogens is 246 g/mol. The molecule has 3 N–H and O–H groups in total. The molecule has 1 fully saturated rings. The van der Waals surface area contributed by atoms with Crippen molar-refractivity contribution in [1.29, 1.82) is 5.26 Å². The first-order valence-electron chi connectivity index (χ1n) is 5.88. The van der Waals surface area contributed by atoms with Crippen LogP contribution >= 0.6 is 11.8 Å². The van der Waals surface area contributed by atoms with Crippen molar-refractivity contribution in [2.45, 2.75) is 30.3 Å². The van der Waals surface area contributed by atoms with Gasteiger partial charge < -0.3 is 11.1 Å². The molecule has 1 saturated carbocycles. The maximum absolute atomic E-state index is 11.6. The quantitative estimate of drug-likeness (QED) is 0.785. The van der Waals surface area contributed by atoms with Gasteiger partial charge in [0.2, 0.25) is 5.91 Å². The van der Waals surface area contributed by atoms with Gasteiger partial charge in [-0.2, -0.15) is 5.26 Å². The van der Waals surface area contributed by atoms with Crippen molar-refractivity contribution >= 4 is 17.7 Å². The highest BCUT2D eigenvalue weighted by molar-refractivity contribution is 8.00. The zero-order valence-electron chi connectivity index (χ0n) is 9.98. The van der Waals surface area contributed by atoms with Crippen LogP contribution in [0.3, 0.4) is 0 Å². The Kier molecular flexibility index (Phi) is 4.24. The molecule has 0 spiro atoms. The van der Waals surface area contributed by atoms with Crippen molar-refractivity contribution in [1.82, 2.24) is 5.32 Å². The van der Waals surface area contributed by atoms with Crippen molar-refractivity contribution in [3.63, 3.8) is 0 Å². The van der Waals surface area contributed by atoms with E-state index in [9.17, 15) is 4.79 Å². The molecule has 0 aliphatic heterocycles. The van der Waals surface area contributed by atoms with Crippen molar-refractivity contribution in [3.8, 4) is 6.07 Å². The standard InChI is InChI=1S/C13H15N3OS/c14-6-9-1-4-12(10(5-9)7-15)18-8-13(17)16-11-2-3-11/h1,4-5,11H,2-3,6,8,14H2,(H,16,17). The zero-order valence-corrected chi connectivity index (χ0v) is 10.8. The molecule has 1 aliphatic carbocycles. The number of thioether (sulfide) groups is 1. The van der Waals surface area contributed by atoms with Gasteiger partial charge in [-0.05, 0) is 30.5 Å². The summed E-state index contributed by atoms with van der Waals surface area (Å²) in [6.45, 7) is 0.418. The van der Waals surface area contributed by atoms with Gasteiger partial charge in [0.15, 0.2) is 0 Å². The lowest BCUT2D eigenvalue weighted by Gasteiger charge is -2.06. The number of nitrogens with zero attached hydrogens (tertiary/aromatic N) is 1. The first kappa shape index (κ1) is 12.9. The highest BCUT2D eigenvalue weighted by Crippen LogP contribution is 2.24. The number of benzene rings is 1. The molecule has 1 amide bonds. The van der Waals surface area contributed by atoms with Crippen molar-refractivity contribution in [3.05, 3.63) is 29.3 Å². The largest absolute Gasteiger partial charge is 0.353 e. The van der Waals surface area contributed by atoms with Crippen LogP contribution in [0.2, 0.25) is 0 Å². The normalized spacial score (nSPS) is 14.0. The van der Waals surface area contributed by atoms with E-state index in [0.717, 1.165) is 23.3 Å². The third kappa shape index (κ3) is 3.49. The Morgan fingerprint density at radius 2 is 2.33 bits per heavy atom. The monoisotopic (exact) mass is 261 g/mol. The summed E-state index contributed by atoms with van der Waals surface area (Å²) in [5, 5.41) is 12.0. The Labute approximate surface area is 111 Å². The summed E-state index contributed by atoms with van der Waals surface area (Å²) >= 11 is 1.39. The maximum atomic E-state index is 11.6. The van der Waals surface area contributed by atoms with Gasteiger partial charge in [0.05, 0.1) is 11.3 Å². The Morgan fingerprint density at radius 1 is 1.56 bits per heavy atom. The fourth-order valence-electron chi connectivity index (χ4n) is 1.56. The Hall–Kier alpha value is -1.51. The molecule has 1 aromatic carbocycles. The second kappa shape index (κ2) is 5.89. The molecule has 0 bridgehead atoms. The minimum atomic E-state index is 0.0364. The second-order valence-corrected chi connectivity index (χ2v) is 5.29. The molecule has 4 nitrogen and oxygen atoms in total. The minimum Gasteiger partial charge on any atom is -0.353 e. The van der Waals surface area contributed by atoms with Gasteiger partial charge in [-0.25, -0.2) is 0 Å². The van der Waals surface area contributed by atoms with Crippen molar-refractivity contribution in [2.75, 3.05) is 5.75 Å². The number of carbonyl (C=O) groups excluding carboxylic acids is 1. The van der Waals surface area contributed by atoms with Crippen LogP contribution < -0.4 is 11.1 Å². The molecule has 0 aromatic heterocycles. The van der Waals surface area contributed by atoms with Gasteiger partial charge >= 0.3 is 0 Å². The zero-order chi connectivity index (χ0) is 13.0. The molecular formula is C13H15N3OS. The first-order chi connectivity index (χ1) is 8.72. The molecule has 0 saturated heterocycles. The van der Waals surface area contributed by atoms with Crippen LogP contribution in [0.15, 0.2) is 23.1 Å². The third-order valence-electron chi connectivity index (χ3n) is 2.70. The van der Waals surface area contributed by atoms with E-state index in [2.05, 4.69) is 11.4 Å². The average molecular weight is 261 g/mol. The van der Waals surface area contributed by atoms with Gasteiger partial charge in [0, 0.05) is 17.5 Å². The summed E-state index contributed by atoms with van der Waals surface area (Å²) in [6, 6.07) is 8.05. The lowest BCUT2D eigenvalue weighted by Crippen LogP contribution is -2.27. The number of nitrogens with one attached hydrogen (secondary N) is 1. The smallest absolute Gasteiger partial charge is 0.230 e. The van der Waals surface area contributed by atoms with E-state index in [1.165, 1.54) is 11.8 Å². The van der Waals surface area contributed by atoms with Crippen molar-refractivity contribution < 1.29 is 4.79 Å². The second-order valence-electron chi connectivity index (χ2n) is 4.28. The summed E-state index contributed by atoms with van der Waals surface area (Å²) in [4.78, 5) is 12.4. The fourth-order valence-corrected chi connectivity index (χ4v) is 2.35. The number of hydrogen-bond acceptors (Lipinski definition) is 4. The molecule has 18 heavy (non-hydrogen) atoms. The number of rotatable bonds is 5. The van der Waals surface area contributed by atoms with E-state index in [-0.39, 0.29) is 5.91 Å². The highest BCUT2D eigenvalue weighted by Gasteiger charge is 2.23. The van der Waals surface area contributed by atoms with Gasteiger partial charge in [0.25, 0.3) is 0 Å². The molecule has 1 aliphatic rings. The Morgan fingerprint density at radius 3 is 2.94 bits per heavy atom. The molecule has 1 aromatic rings. The molecule has 0 atom stereocenters. The van der Waals surface area contributed by atoms with Gasteiger partial charge in [-0.15, -0.1) is 11.8 Å². The van der Waals surface area contributed by atoms with E-state index >= 15 is 0 Å². The fraction of sp³-hybridized carbons (Fsp3) is 0.385. The van der Waals surface area contributed by atoms with Crippen LogP contribution in [0, 0.1) is 11.3 Å². The van der Waals surface area contributed by atoms with Gasteiger partial charge in [-0.3, -0.25) is 4.79 Å². The van der Waals surface area contributed by atoms with Crippen LogP contribution in [-0.4, -0.2) is 17.7 Å². The maximum Gasteiger partial charge on any atom is 0.230 e. The van der Waals surface area contributed by atoms with Gasteiger partial charge in [-0.1, -0.05) is 6.07 Å². The summed E-state index contributed by atoms with van der Waals surface area (Å²) in [6.07, 6.45) is 2.18. The van der Waals surface area contributed by atoms with Crippen LogP contribution in [-0.2, 0) is 11.3 Å². The summed E-state index contributed by atoms with van der Waals surface area (Å²) in [5.41, 5.74) is 7.04. The highest BCUT2D eigenvalue weighted by atomic mass is 32.2. The predicted octanol–water partition coefficient (Wildman–Crippen LogP) is 1.39. The Bertz CT molecular complexity index is 491. The van der Waals surface area contributed by atoms with E-state index < -0.39 is 0 Å². The topological polar surface area (TPSA) is 78.9 Å². The first-order valence-corrected chi connectivity index (χ1v) is 6.86. The number of nitriles is 1. The van der Waals surface area contributed by atoms with Crippen LogP contribution in [0.25, 0.3) is 0 Å². The minimum absolute atomic E-state index is 0.0364. The summed E-state index contributed by atoms with van der Waals surface area (Å²) in [7, 11) is 0. The Balaban J connectivity index is 1.95. The summed E-state index contributed by atoms with van der Waals surface area (Å²) < 4.78 is 0. The van der Waals surface area contributed by atoms with Crippen molar-refractivity contribution in [2.24, 2.45) is 5.73 Å². The average Bonchev–Trinajstić information content (AvgIpc) is 3.20. The van der Waals surface area contributed by atoms with Crippen LogP contribution in [0.5, 0.6) is 0 Å². The third-order valence-corrected chi connectivity index (χ3v) is 3.77. The summed E-state index contributed by atoms with van der Waals surface area (Å²) in [5.74, 6) is 0.391. The SMILES string of the molecule is N#Cc1cc(CN)ccc1SCC(=O)NC1CC1. The van der Waals surface area contributed by atoms with E-state index in [4.69, 9.17) is 11.0 Å². The lowest BCUT2D eigenvalue weighted by molar-refractivity contribution is -0.118. The van der Waals surface area contributed by atoms with Crippen LogP contribution in [0.4, 0.5) is 0 Å². The molecule has 0 heterocycles. The molecule has 94 valence electrons. The molecule has 5 heteroatoms. The number of hydrogen-bond donors (Lipinski definition) is 2. The van der Waals surface area contributed by atoms with E-state index in [1.807, 2.05) is 12.1 Å². The van der Waals surface area contributed by atoms with Gasteiger partial charge in [0.1, 0.15) is 6.07 Å². The predicted molar refractivity (Wildman–Crippen MR) is 70.9 cm³/mol. The van der Waals surface area contributed by atoms with E-state index in [0.29, 0.717) is 23.9 Å². The molecule has 0 radical (unpaired) electrons. The number of nitrogens with two attached hydrogens (primary N) is 1. The van der Waals surface area contributed by atoms with Crippen LogP contribution in [0.1, 0.15) is 24.0 Å². The molecule has 2 rings (SSSR count). The lowest BCUT2D eigenvalue weighted by atomic mass is 10.1.